The molecular weight excluding hydrogens is 356 g/mol. The van der Waals surface area contributed by atoms with Crippen LogP contribution in [0.15, 0.2) is 0 Å². The van der Waals surface area contributed by atoms with E-state index < -0.39 is 11.7 Å². The van der Waals surface area contributed by atoms with Gasteiger partial charge in [0.1, 0.15) is 0 Å². The lowest BCUT2D eigenvalue weighted by molar-refractivity contribution is -0.115. The maximum Gasteiger partial charge on any atom is 0.0849 e. The molecule has 2 unspecified atom stereocenters. The number of rotatable bonds is 5. The van der Waals surface area contributed by atoms with Crippen LogP contribution in [0.25, 0.3) is 0 Å². The number of fused-ring (bicyclic) bond motifs is 5. The summed E-state index contributed by atoms with van der Waals surface area (Å²) in [5, 5.41) is 20.4. The molecule has 9 atom stereocenters. The van der Waals surface area contributed by atoms with Gasteiger partial charge in [0.2, 0.25) is 0 Å². The Morgan fingerprint density at radius 1 is 0.862 bits per heavy atom. The van der Waals surface area contributed by atoms with Crippen molar-refractivity contribution in [1.82, 2.24) is 0 Å². The molecule has 4 aliphatic carbocycles. The fourth-order valence-corrected chi connectivity index (χ4v) is 9.25. The molecule has 0 aromatic carbocycles. The van der Waals surface area contributed by atoms with Gasteiger partial charge in [-0.15, -0.1) is 0 Å². The van der Waals surface area contributed by atoms with Gasteiger partial charge < -0.3 is 10.2 Å². The first-order valence-corrected chi connectivity index (χ1v) is 13.0. The van der Waals surface area contributed by atoms with Crippen molar-refractivity contribution in [2.24, 2.45) is 46.3 Å². The molecule has 4 aliphatic rings. The first-order valence-electron chi connectivity index (χ1n) is 13.0. The fraction of sp³-hybridized carbons (Fsp3) is 1.00. The third kappa shape index (κ3) is 3.73. The minimum absolute atomic E-state index is 0.512. The van der Waals surface area contributed by atoms with E-state index in [1.165, 1.54) is 64.2 Å². The van der Waals surface area contributed by atoms with Crippen molar-refractivity contribution in [3.63, 3.8) is 0 Å². The summed E-state index contributed by atoms with van der Waals surface area (Å²) in [5.74, 6) is 5.38. The van der Waals surface area contributed by atoms with Crippen LogP contribution in [0.4, 0.5) is 0 Å². The number of aliphatic hydroxyl groups excluding tert-OH is 1. The first-order chi connectivity index (χ1) is 13.6. The third-order valence-corrected chi connectivity index (χ3v) is 11.1. The van der Waals surface area contributed by atoms with Crippen LogP contribution in [0.2, 0.25) is 0 Å². The summed E-state index contributed by atoms with van der Waals surface area (Å²) in [7, 11) is 0. The normalized spacial score (nSPS) is 47.1. The van der Waals surface area contributed by atoms with Gasteiger partial charge in [0.25, 0.3) is 0 Å². The van der Waals surface area contributed by atoms with Gasteiger partial charge in [-0.1, -0.05) is 33.6 Å². The molecule has 0 bridgehead atoms. The number of aliphatic hydroxyl groups is 2. The zero-order chi connectivity index (χ0) is 21.0. The second kappa shape index (κ2) is 7.80. The molecule has 0 aliphatic heterocycles. The molecular formula is C27H48O2. The predicted molar refractivity (Wildman–Crippen MR) is 121 cm³/mol. The van der Waals surface area contributed by atoms with Crippen LogP contribution < -0.4 is 0 Å². The van der Waals surface area contributed by atoms with E-state index in [-0.39, 0.29) is 0 Å². The van der Waals surface area contributed by atoms with Crippen LogP contribution in [-0.2, 0) is 0 Å². The second-order valence-electron chi connectivity index (χ2n) is 12.9. The molecule has 0 amide bonds. The average Bonchev–Trinajstić information content (AvgIpc) is 3.01. The molecule has 168 valence electrons. The zero-order valence-electron chi connectivity index (χ0n) is 19.9. The molecule has 0 heterocycles. The summed E-state index contributed by atoms with van der Waals surface area (Å²) in [5.41, 5.74) is 0.176. The summed E-state index contributed by atoms with van der Waals surface area (Å²) in [6.45, 7) is 11.2. The molecule has 2 N–H and O–H groups in total. The summed E-state index contributed by atoms with van der Waals surface area (Å²) in [4.78, 5) is 0. The van der Waals surface area contributed by atoms with E-state index in [9.17, 15) is 10.2 Å². The van der Waals surface area contributed by atoms with Crippen molar-refractivity contribution in [2.75, 3.05) is 0 Å². The fourth-order valence-electron chi connectivity index (χ4n) is 9.25. The van der Waals surface area contributed by atoms with E-state index >= 15 is 0 Å². The van der Waals surface area contributed by atoms with E-state index in [0.29, 0.717) is 16.7 Å². The van der Waals surface area contributed by atoms with Crippen molar-refractivity contribution in [3.8, 4) is 0 Å². The minimum atomic E-state index is -0.978. The molecule has 2 nitrogen and oxygen atoms in total. The van der Waals surface area contributed by atoms with Crippen LogP contribution >= 0.6 is 0 Å². The smallest absolute Gasteiger partial charge is 0.0849 e. The molecule has 0 spiro atoms. The Balaban J connectivity index is 1.45. The summed E-state index contributed by atoms with van der Waals surface area (Å²) in [6.07, 6.45) is 15.9. The lowest BCUT2D eigenvalue weighted by atomic mass is 9.44. The van der Waals surface area contributed by atoms with Gasteiger partial charge in [-0.3, -0.25) is 0 Å². The van der Waals surface area contributed by atoms with Crippen LogP contribution in [0.5, 0.6) is 0 Å². The predicted octanol–water partition coefficient (Wildman–Crippen LogP) is 6.58. The van der Waals surface area contributed by atoms with Gasteiger partial charge in [-0.05, 0) is 124 Å². The molecule has 0 aromatic rings. The molecule has 0 saturated heterocycles. The van der Waals surface area contributed by atoms with Gasteiger partial charge in [0.05, 0.1) is 11.7 Å². The Morgan fingerprint density at radius 2 is 1.59 bits per heavy atom. The highest BCUT2D eigenvalue weighted by atomic mass is 16.3. The molecule has 29 heavy (non-hydrogen) atoms. The number of hydrogen-bond acceptors (Lipinski definition) is 2. The molecule has 4 rings (SSSR count). The number of hydrogen-bond donors (Lipinski definition) is 2. The van der Waals surface area contributed by atoms with Crippen molar-refractivity contribution in [1.29, 1.82) is 0 Å². The topological polar surface area (TPSA) is 40.5 Å². The largest absolute Gasteiger partial charge is 0.390 e. The van der Waals surface area contributed by atoms with Gasteiger partial charge in [-0.25, -0.2) is 0 Å². The van der Waals surface area contributed by atoms with Crippen molar-refractivity contribution in [2.45, 2.75) is 123 Å². The van der Waals surface area contributed by atoms with E-state index in [4.69, 9.17) is 0 Å². The zero-order valence-corrected chi connectivity index (χ0v) is 19.9. The van der Waals surface area contributed by atoms with Gasteiger partial charge in [0, 0.05) is 0 Å². The van der Waals surface area contributed by atoms with E-state index in [1.54, 1.807) is 13.8 Å². The molecule has 4 saturated carbocycles. The Bertz CT molecular complexity index is 580. The van der Waals surface area contributed by atoms with E-state index in [2.05, 4.69) is 20.8 Å². The Morgan fingerprint density at radius 3 is 2.31 bits per heavy atom. The van der Waals surface area contributed by atoms with Gasteiger partial charge >= 0.3 is 0 Å². The maximum atomic E-state index is 10.3. The van der Waals surface area contributed by atoms with Gasteiger partial charge in [-0.2, -0.15) is 0 Å². The van der Waals surface area contributed by atoms with Crippen molar-refractivity contribution in [3.05, 3.63) is 0 Å². The molecule has 2 heteroatoms. The average molecular weight is 405 g/mol. The Hall–Kier alpha value is -0.0800. The highest BCUT2D eigenvalue weighted by Gasteiger charge is 2.60. The van der Waals surface area contributed by atoms with Crippen LogP contribution in [0.3, 0.4) is 0 Å². The monoisotopic (exact) mass is 404 g/mol. The summed E-state index contributed by atoms with van der Waals surface area (Å²) >= 11 is 0. The highest BCUT2D eigenvalue weighted by Crippen LogP contribution is 2.68. The van der Waals surface area contributed by atoms with Crippen molar-refractivity contribution < 1.29 is 10.2 Å². The molecule has 0 aromatic heterocycles. The van der Waals surface area contributed by atoms with Crippen LogP contribution in [-0.4, -0.2) is 21.9 Å². The third-order valence-electron chi connectivity index (χ3n) is 11.1. The Kier molecular flexibility index (Phi) is 5.95. The SMILES string of the molecule is C[C@H](CCC(O)C(C)(C)O)[C@H]1CC[C@H]2[C@@H]3CCC4CCCC[C@]4(C)[C@H]3CC[C@]12C. The van der Waals surface area contributed by atoms with Crippen LogP contribution in [0.1, 0.15) is 112 Å². The Labute approximate surface area is 180 Å². The van der Waals surface area contributed by atoms with Gasteiger partial charge in [0.15, 0.2) is 0 Å². The van der Waals surface area contributed by atoms with Crippen LogP contribution in [0, 0.1) is 46.3 Å². The second-order valence-corrected chi connectivity index (χ2v) is 12.9. The summed E-state index contributed by atoms with van der Waals surface area (Å²) in [6, 6.07) is 0. The highest BCUT2D eigenvalue weighted by molar-refractivity contribution is 5.09. The summed E-state index contributed by atoms with van der Waals surface area (Å²) < 4.78 is 0. The standard InChI is InChI=1S/C27H48O2/c1-18(9-14-24(28)25(2,3)29)21-12-13-22-20-11-10-19-8-6-7-16-26(19,4)23(20)15-17-27(21,22)5/h18-24,28-29H,6-17H2,1-5H3/t18-,19?,20+,21-,22+,23+,24?,26+,27-/m1/s1. The maximum absolute atomic E-state index is 10.3. The first kappa shape index (κ1) is 22.1. The lowest BCUT2D eigenvalue weighted by Crippen LogP contribution is -2.53. The molecule has 0 radical (unpaired) electrons. The lowest BCUT2D eigenvalue weighted by Gasteiger charge is -2.61. The van der Waals surface area contributed by atoms with Crippen molar-refractivity contribution >= 4 is 0 Å². The van der Waals surface area contributed by atoms with E-state index in [0.717, 1.165) is 42.4 Å². The quantitative estimate of drug-likeness (QED) is 0.543. The molecule has 4 fully saturated rings. The minimum Gasteiger partial charge on any atom is -0.390 e. The van der Waals surface area contributed by atoms with E-state index in [1.807, 2.05) is 0 Å².